The number of anilines is 2. The van der Waals surface area contributed by atoms with Crippen LogP contribution >= 0.6 is 0 Å². The number of nitrogens with zero attached hydrogens (tertiary/aromatic N) is 6. The third-order valence-corrected chi connectivity index (χ3v) is 8.81. The predicted octanol–water partition coefficient (Wildman–Crippen LogP) is 0.107. The van der Waals surface area contributed by atoms with Crippen molar-refractivity contribution in [2.24, 2.45) is 11.8 Å². The van der Waals surface area contributed by atoms with E-state index in [0.29, 0.717) is 0 Å². The van der Waals surface area contributed by atoms with E-state index < -0.39 is 96.3 Å². The van der Waals surface area contributed by atoms with Crippen LogP contribution in [0.5, 0.6) is 0 Å². The van der Waals surface area contributed by atoms with Crippen LogP contribution in [-0.2, 0) is 28.5 Å². The number of aromatic nitrogens is 8. The summed E-state index contributed by atoms with van der Waals surface area (Å²) in [5, 5.41) is 19.4. The number of hydrogen-bond acceptors (Lipinski definition) is 16. The quantitative estimate of drug-likeness (QED) is 0.0923. The molecule has 0 spiro atoms. The number of nitrogen functional groups attached to an aromatic ring is 2. The van der Waals surface area contributed by atoms with Crippen LogP contribution in [0.2, 0.25) is 0 Å². The number of aliphatic hydroxyl groups is 2. The second-order valence-corrected chi connectivity index (χ2v) is 13.2. The zero-order valence-corrected chi connectivity index (χ0v) is 29.5. The molecule has 4 aromatic heterocycles. The fourth-order valence-corrected chi connectivity index (χ4v) is 5.72. The van der Waals surface area contributed by atoms with Crippen molar-refractivity contribution in [3.63, 3.8) is 0 Å². The second kappa shape index (κ2) is 15.0. The first kappa shape index (κ1) is 39.6. The van der Waals surface area contributed by atoms with E-state index in [1.165, 1.54) is 17.0 Å². The highest BCUT2D eigenvalue weighted by Crippen LogP contribution is 2.43. The Morgan fingerprint density at radius 3 is 1.80 bits per heavy atom. The summed E-state index contributed by atoms with van der Waals surface area (Å²) < 4.78 is 54.6. The first-order valence-corrected chi connectivity index (χ1v) is 16.5. The van der Waals surface area contributed by atoms with Crippen molar-refractivity contribution in [3.8, 4) is 0 Å². The van der Waals surface area contributed by atoms with E-state index in [4.69, 9.17) is 30.4 Å². The zero-order chi connectivity index (χ0) is 39.9. The van der Waals surface area contributed by atoms with Gasteiger partial charge in [-0.15, -0.1) is 6.58 Å². The van der Waals surface area contributed by atoms with E-state index in [9.17, 15) is 33.8 Å². The summed E-state index contributed by atoms with van der Waals surface area (Å²) in [6.07, 6.45) is -4.99. The van der Waals surface area contributed by atoms with E-state index in [2.05, 4.69) is 43.1 Å². The van der Waals surface area contributed by atoms with Crippen molar-refractivity contribution < 1.29 is 47.5 Å². The maximum atomic E-state index is 15.7. The lowest BCUT2D eigenvalue weighted by atomic mass is 9.96. The highest BCUT2D eigenvalue weighted by Gasteiger charge is 2.59. The van der Waals surface area contributed by atoms with Gasteiger partial charge in [0.2, 0.25) is 11.9 Å². The molecule has 0 unspecified atom stereocenters. The van der Waals surface area contributed by atoms with Gasteiger partial charge in [-0.3, -0.25) is 38.3 Å². The number of rotatable bonds is 10. The average molecular weight is 763 g/mol. The van der Waals surface area contributed by atoms with Gasteiger partial charge in [0.1, 0.15) is 18.3 Å². The molecule has 2 aliphatic heterocycles. The maximum absolute atomic E-state index is 15.7. The molecular formula is C32H40F2N10O10. The molecule has 6 heterocycles. The molecule has 0 saturated carbocycles. The number of hydrogen-bond donors (Lipinski definition) is 6. The van der Waals surface area contributed by atoms with Gasteiger partial charge < -0.3 is 40.6 Å². The average Bonchev–Trinajstić information content (AvgIpc) is 3.87. The lowest BCUT2D eigenvalue weighted by Gasteiger charge is -2.31. The van der Waals surface area contributed by atoms with E-state index in [-0.39, 0.29) is 34.2 Å². The van der Waals surface area contributed by atoms with Crippen molar-refractivity contribution in [1.82, 2.24) is 39.0 Å². The lowest BCUT2D eigenvalue weighted by molar-refractivity contribution is -0.172. The summed E-state index contributed by atoms with van der Waals surface area (Å²) in [6, 6.07) is 0. The number of alkyl halides is 2. The molecule has 8 atom stereocenters. The third-order valence-electron chi connectivity index (χ3n) is 8.81. The molecule has 8 N–H and O–H groups in total. The minimum absolute atomic E-state index is 0.0129. The number of nitrogens with two attached hydrogens (primary N) is 2. The number of nitrogens with one attached hydrogen (secondary N) is 2. The van der Waals surface area contributed by atoms with Gasteiger partial charge in [0.15, 0.2) is 58.8 Å². The maximum Gasteiger partial charge on any atom is 0.308 e. The van der Waals surface area contributed by atoms with Gasteiger partial charge in [0.05, 0.1) is 31.1 Å². The molecule has 0 aliphatic carbocycles. The van der Waals surface area contributed by atoms with E-state index in [1.54, 1.807) is 27.7 Å². The number of esters is 2. The van der Waals surface area contributed by atoms with Crippen LogP contribution in [0.3, 0.4) is 0 Å². The Kier molecular flexibility index (Phi) is 11.0. The predicted molar refractivity (Wildman–Crippen MR) is 185 cm³/mol. The molecule has 292 valence electrons. The van der Waals surface area contributed by atoms with Crippen molar-refractivity contribution in [1.29, 1.82) is 0 Å². The minimum atomic E-state index is -1.94. The summed E-state index contributed by atoms with van der Waals surface area (Å²) in [6.45, 7) is 12.5. The number of H-pyrrole nitrogens is 2. The van der Waals surface area contributed by atoms with Gasteiger partial charge >= 0.3 is 11.9 Å². The molecule has 54 heavy (non-hydrogen) atoms. The molecule has 4 aromatic rings. The zero-order valence-electron chi connectivity index (χ0n) is 29.5. The van der Waals surface area contributed by atoms with Crippen molar-refractivity contribution in [2.45, 2.75) is 75.9 Å². The number of aromatic amines is 2. The highest BCUT2D eigenvalue weighted by atomic mass is 19.1. The van der Waals surface area contributed by atoms with Crippen LogP contribution in [0.4, 0.5) is 20.7 Å². The fraction of sp³-hybridized carbons (Fsp3) is 0.500. The summed E-state index contributed by atoms with van der Waals surface area (Å²) in [5.41, 5.74) is 6.44. The molecule has 2 saturated heterocycles. The third kappa shape index (κ3) is 6.95. The van der Waals surface area contributed by atoms with Crippen LogP contribution in [0.1, 0.15) is 40.2 Å². The van der Waals surface area contributed by atoms with E-state index >= 15 is 4.39 Å². The number of carbonyl (C=O) groups is 2. The smallest absolute Gasteiger partial charge is 0.308 e. The summed E-state index contributed by atoms with van der Waals surface area (Å²) in [5.74, 6) is -2.56. The number of imidazole rings is 2. The molecule has 2 fully saturated rings. The van der Waals surface area contributed by atoms with Crippen LogP contribution in [0.15, 0.2) is 47.6 Å². The molecule has 20 nitrogen and oxygen atoms in total. The summed E-state index contributed by atoms with van der Waals surface area (Å²) in [4.78, 5) is 68.5. The molecule has 0 aromatic carbocycles. The van der Waals surface area contributed by atoms with E-state index in [1.807, 2.05) is 0 Å². The Morgan fingerprint density at radius 1 is 0.907 bits per heavy atom. The molecule has 2 aliphatic rings. The van der Waals surface area contributed by atoms with Crippen LogP contribution < -0.4 is 22.6 Å². The van der Waals surface area contributed by atoms with Gasteiger partial charge in [-0.05, 0) is 0 Å². The van der Waals surface area contributed by atoms with Crippen LogP contribution in [0.25, 0.3) is 22.3 Å². The Bertz CT molecular complexity index is 2190. The minimum Gasteiger partial charge on any atom is -0.462 e. The molecule has 22 heteroatoms. The second-order valence-electron chi connectivity index (χ2n) is 13.2. The normalized spacial score (nSPS) is 28.0. The van der Waals surface area contributed by atoms with Crippen molar-refractivity contribution >= 4 is 46.2 Å². The molecule has 0 amide bonds. The van der Waals surface area contributed by atoms with Gasteiger partial charge in [-0.25, -0.2) is 18.7 Å². The monoisotopic (exact) mass is 762 g/mol. The van der Waals surface area contributed by atoms with E-state index in [0.717, 1.165) is 17.0 Å². The highest BCUT2D eigenvalue weighted by molar-refractivity contribution is 5.73. The molecule has 0 bridgehead atoms. The number of aliphatic hydroxyl groups excluding tert-OH is 2. The molecule has 6 rings (SSSR count). The number of fused-ring (bicyclic) bond motifs is 2. The van der Waals surface area contributed by atoms with Crippen molar-refractivity contribution in [3.05, 3.63) is 58.7 Å². The Labute approximate surface area is 303 Å². The number of ether oxygens (including phenoxy) is 4. The van der Waals surface area contributed by atoms with Gasteiger partial charge in [-0.1, -0.05) is 46.4 Å². The lowest BCUT2D eigenvalue weighted by Crippen LogP contribution is -2.48. The SMILES string of the molecule is C=C[C@]1(CO)O[C@@H](n2cnc3c(=O)[nH]c(N)nc32)[C@H](F)[C@@H]1O.C=C[C@]1(COC(=O)C(C)C)O[C@@H](n2cnc3c(=O)[nH]c(N)nc32)[C@H](F)[C@@H]1OC(=O)C(C)C. The topological polar surface area (TPSA) is 291 Å². The molecular weight excluding hydrogens is 722 g/mol. The standard InChI is InChI=1S/C20H26FN5O6.C12H14FN5O4/c1-6-20(7-30-17(28)9(2)3)13(31-18(29)10(4)5)11(21)16(32-20)26-8-23-12-14(26)24-19(22)25-15(12)27;1-2-12(3-19)7(20)5(13)10(22-12)18-4-15-6-8(18)16-11(14)17-9(6)21/h6,8-11,13,16H,1,7H2,2-5H3,(H3,22,24,25,27);2,4-5,7,10,19-20H,1,3H2,(H3,14,16,17,21)/t11-,13+,16-,20-;5-,7+,10-,12-/m11/s1. The van der Waals surface area contributed by atoms with Crippen LogP contribution in [0, 0.1) is 11.8 Å². The summed E-state index contributed by atoms with van der Waals surface area (Å²) in [7, 11) is 0. The Morgan fingerprint density at radius 2 is 1.37 bits per heavy atom. The van der Waals surface area contributed by atoms with Crippen LogP contribution in [-0.4, -0.2) is 110 Å². The largest absolute Gasteiger partial charge is 0.462 e. The molecule has 0 radical (unpaired) electrons. The Hall–Kier alpha value is -5.58. The van der Waals surface area contributed by atoms with Gasteiger partial charge in [0, 0.05) is 0 Å². The van der Waals surface area contributed by atoms with Gasteiger partial charge in [-0.2, -0.15) is 9.97 Å². The summed E-state index contributed by atoms with van der Waals surface area (Å²) >= 11 is 0. The first-order chi connectivity index (χ1) is 25.4. The van der Waals surface area contributed by atoms with Gasteiger partial charge in [0.25, 0.3) is 11.1 Å². The Balaban J connectivity index is 0.000000222. The number of halogens is 2. The first-order valence-electron chi connectivity index (χ1n) is 16.5. The van der Waals surface area contributed by atoms with Crippen molar-refractivity contribution in [2.75, 3.05) is 24.7 Å². The number of carbonyl (C=O) groups excluding carboxylic acids is 2. The fourth-order valence-electron chi connectivity index (χ4n) is 5.72.